The van der Waals surface area contributed by atoms with Crippen molar-refractivity contribution in [1.82, 2.24) is 0 Å². The first-order valence-corrected chi connectivity index (χ1v) is 5.61. The normalized spacial score (nSPS) is 11.2. The second kappa shape index (κ2) is 11.5. The number of hydrogen-bond donors (Lipinski definition) is 1. The van der Waals surface area contributed by atoms with Crippen LogP contribution in [0.4, 0.5) is 0 Å². The summed E-state index contributed by atoms with van der Waals surface area (Å²) in [6.07, 6.45) is 13.1. The lowest BCUT2D eigenvalue weighted by molar-refractivity contribution is -0.368. The Labute approximate surface area is 82.0 Å². The van der Waals surface area contributed by atoms with Crippen LogP contribution in [0.25, 0.3) is 0 Å². The Kier molecular flexibility index (Phi) is 11.0. The number of rotatable bonds is 9. The van der Waals surface area contributed by atoms with Gasteiger partial charge in [-0.2, -0.15) is 0 Å². The molecule has 2 nitrogen and oxygen atoms in total. The molecule has 0 aromatic heterocycles. The molecule has 0 fully saturated rings. The van der Waals surface area contributed by atoms with E-state index in [1.54, 1.807) is 6.21 Å². The molecule has 0 radical (unpaired) electrons. The van der Waals surface area contributed by atoms with Gasteiger partial charge in [-0.15, -0.1) is 0 Å². The van der Waals surface area contributed by atoms with Gasteiger partial charge in [-0.1, -0.05) is 51.9 Å². The van der Waals surface area contributed by atoms with Crippen LogP contribution in [0.3, 0.4) is 0 Å². The van der Waals surface area contributed by atoms with Crippen LogP contribution < -0.4 is 5.16 Å². The van der Waals surface area contributed by atoms with Crippen molar-refractivity contribution in [2.75, 3.05) is 0 Å². The molecular weight excluding hydrogens is 162 g/mol. The molecule has 2 heteroatoms. The van der Waals surface area contributed by atoms with E-state index >= 15 is 0 Å². The van der Waals surface area contributed by atoms with Gasteiger partial charge in [0.05, 0.1) is 0 Å². The van der Waals surface area contributed by atoms with Gasteiger partial charge in [-0.3, -0.25) is 0 Å². The summed E-state index contributed by atoms with van der Waals surface area (Å²) in [6, 6.07) is 0. The van der Waals surface area contributed by atoms with Gasteiger partial charge in [0.15, 0.2) is 0 Å². The Morgan fingerprint density at radius 1 is 0.923 bits per heavy atom. The van der Waals surface area contributed by atoms with Gasteiger partial charge in [0, 0.05) is 6.42 Å². The van der Waals surface area contributed by atoms with Crippen molar-refractivity contribution in [1.29, 1.82) is 0 Å². The zero-order chi connectivity index (χ0) is 9.78. The molecule has 78 valence electrons. The maximum absolute atomic E-state index is 9.83. The molecule has 0 atom stereocenters. The van der Waals surface area contributed by atoms with Crippen LogP contribution in [0.15, 0.2) is 0 Å². The molecule has 0 aliphatic rings. The van der Waals surface area contributed by atoms with E-state index in [0.29, 0.717) is 0 Å². The van der Waals surface area contributed by atoms with Crippen molar-refractivity contribution >= 4 is 6.21 Å². The summed E-state index contributed by atoms with van der Waals surface area (Å²) in [4.78, 5) is 0. The number of hydrogen-bond acceptors (Lipinski definition) is 1. The molecule has 0 bridgehead atoms. The first kappa shape index (κ1) is 12.5. The highest BCUT2D eigenvalue weighted by molar-refractivity contribution is 5.49. The van der Waals surface area contributed by atoms with Crippen LogP contribution in [0.1, 0.15) is 64.7 Å². The van der Waals surface area contributed by atoms with Crippen LogP contribution in [-0.2, 0) is 0 Å². The average molecular weight is 185 g/mol. The lowest BCUT2D eigenvalue weighted by atomic mass is 10.1. The molecule has 0 amide bonds. The quantitative estimate of drug-likeness (QED) is 0.254. The predicted octanol–water partition coefficient (Wildman–Crippen LogP) is 2.17. The van der Waals surface area contributed by atoms with E-state index in [1.807, 2.05) is 5.16 Å². The summed E-state index contributed by atoms with van der Waals surface area (Å²) in [5.41, 5.74) is 0. The van der Waals surface area contributed by atoms with Crippen molar-refractivity contribution in [3.63, 3.8) is 0 Å². The minimum atomic E-state index is 0.915. The summed E-state index contributed by atoms with van der Waals surface area (Å²) in [5, 5.41) is 11.6. The zero-order valence-electron chi connectivity index (χ0n) is 8.85. The third-order valence-corrected chi connectivity index (χ3v) is 2.29. The van der Waals surface area contributed by atoms with Gasteiger partial charge in [-0.25, -0.2) is 5.16 Å². The van der Waals surface area contributed by atoms with Crippen molar-refractivity contribution in [3.8, 4) is 0 Å². The fourth-order valence-electron chi connectivity index (χ4n) is 1.44. The highest BCUT2D eigenvalue weighted by Crippen LogP contribution is 2.08. The molecule has 1 N–H and O–H groups in total. The standard InChI is InChI=1S/C11H23NO/c1-2-3-4-5-6-7-8-9-10-11-12-13/h11-12H,2-10H2,1H3. The van der Waals surface area contributed by atoms with Crippen LogP contribution in [0, 0.1) is 5.21 Å². The SMILES string of the molecule is CCCCCCCCCCC=[NH+][O-]. The van der Waals surface area contributed by atoms with Crippen molar-refractivity contribution in [2.24, 2.45) is 0 Å². The van der Waals surface area contributed by atoms with Crippen molar-refractivity contribution in [2.45, 2.75) is 64.7 Å². The van der Waals surface area contributed by atoms with E-state index < -0.39 is 0 Å². The summed E-state index contributed by atoms with van der Waals surface area (Å²) in [6.45, 7) is 2.24. The minimum absolute atomic E-state index is 0.915. The van der Waals surface area contributed by atoms with Gasteiger partial charge in [0.1, 0.15) is 6.21 Å². The zero-order valence-corrected chi connectivity index (χ0v) is 8.85. The van der Waals surface area contributed by atoms with Gasteiger partial charge >= 0.3 is 0 Å². The molecule has 0 unspecified atom stereocenters. The molecule has 13 heavy (non-hydrogen) atoms. The number of nitrogens with one attached hydrogen (secondary N) is 1. The fourth-order valence-corrected chi connectivity index (χ4v) is 1.44. The lowest BCUT2D eigenvalue weighted by Gasteiger charge is -1.98. The Morgan fingerprint density at radius 2 is 1.46 bits per heavy atom. The average Bonchev–Trinajstić information content (AvgIpc) is 2.16. The highest BCUT2D eigenvalue weighted by Gasteiger charge is 1.90. The molecule has 0 spiro atoms. The van der Waals surface area contributed by atoms with E-state index in [1.165, 1.54) is 44.9 Å². The molecule has 0 rings (SSSR count). The number of unbranched alkanes of at least 4 members (excludes halogenated alkanes) is 8. The second-order valence-electron chi connectivity index (χ2n) is 3.59. The molecular formula is C11H23NO. The summed E-state index contributed by atoms with van der Waals surface area (Å²) in [7, 11) is 0. The molecule has 0 aliphatic heterocycles. The summed E-state index contributed by atoms with van der Waals surface area (Å²) >= 11 is 0. The first-order chi connectivity index (χ1) is 6.41. The van der Waals surface area contributed by atoms with Crippen LogP contribution >= 0.6 is 0 Å². The molecule has 0 aromatic carbocycles. The second-order valence-corrected chi connectivity index (χ2v) is 3.59. The lowest BCUT2D eigenvalue weighted by Crippen LogP contribution is -2.60. The van der Waals surface area contributed by atoms with Crippen LogP contribution in [0.2, 0.25) is 0 Å². The third kappa shape index (κ3) is 11.5. The monoisotopic (exact) mass is 185 g/mol. The maximum Gasteiger partial charge on any atom is 0.148 e. The van der Waals surface area contributed by atoms with Gasteiger partial charge in [0.25, 0.3) is 0 Å². The largest absolute Gasteiger partial charge is 0.626 e. The van der Waals surface area contributed by atoms with Crippen LogP contribution in [-0.4, -0.2) is 6.21 Å². The molecule has 0 aromatic rings. The first-order valence-electron chi connectivity index (χ1n) is 5.61. The van der Waals surface area contributed by atoms with E-state index in [9.17, 15) is 5.21 Å². The van der Waals surface area contributed by atoms with Gasteiger partial charge < -0.3 is 5.21 Å². The van der Waals surface area contributed by atoms with E-state index in [-0.39, 0.29) is 0 Å². The van der Waals surface area contributed by atoms with Gasteiger partial charge in [-0.05, 0) is 6.42 Å². The Morgan fingerprint density at radius 3 is 2.00 bits per heavy atom. The minimum Gasteiger partial charge on any atom is -0.626 e. The van der Waals surface area contributed by atoms with E-state index in [2.05, 4.69) is 6.92 Å². The maximum atomic E-state index is 9.83. The Balaban J connectivity index is 2.83. The molecule has 0 saturated heterocycles. The molecule has 0 heterocycles. The van der Waals surface area contributed by atoms with Crippen LogP contribution in [0.5, 0.6) is 0 Å². The van der Waals surface area contributed by atoms with Gasteiger partial charge in [0.2, 0.25) is 0 Å². The fraction of sp³-hybridized carbons (Fsp3) is 0.909. The highest BCUT2D eigenvalue weighted by atomic mass is 16.4. The smallest absolute Gasteiger partial charge is 0.148 e. The third-order valence-electron chi connectivity index (χ3n) is 2.29. The molecule has 0 saturated carbocycles. The molecule has 0 aliphatic carbocycles. The summed E-state index contributed by atoms with van der Waals surface area (Å²) < 4.78 is 0. The predicted molar refractivity (Wildman–Crippen MR) is 57.6 cm³/mol. The Bertz CT molecular complexity index is 113. The summed E-state index contributed by atoms with van der Waals surface area (Å²) in [5.74, 6) is 0. The topological polar surface area (TPSA) is 37.0 Å². The van der Waals surface area contributed by atoms with E-state index in [0.717, 1.165) is 12.8 Å². The van der Waals surface area contributed by atoms with E-state index in [4.69, 9.17) is 0 Å². The Hall–Kier alpha value is -0.530. The van der Waals surface area contributed by atoms with Crippen molar-refractivity contribution in [3.05, 3.63) is 5.21 Å². The van der Waals surface area contributed by atoms with Crippen molar-refractivity contribution < 1.29 is 5.16 Å².